The highest BCUT2D eigenvalue weighted by atomic mass is 16.3. The molecule has 1 fully saturated rings. The van der Waals surface area contributed by atoms with Gasteiger partial charge >= 0.3 is 0 Å². The summed E-state index contributed by atoms with van der Waals surface area (Å²) in [7, 11) is 0. The van der Waals surface area contributed by atoms with E-state index in [0.717, 1.165) is 5.92 Å². The fourth-order valence-corrected chi connectivity index (χ4v) is 3.18. The molecule has 0 spiro atoms. The first-order valence-corrected chi connectivity index (χ1v) is 5.10. The lowest BCUT2D eigenvalue weighted by atomic mass is 9.84. The molecular formula is C12H14O. The Balaban J connectivity index is 2.07. The maximum absolute atomic E-state index is 9.21. The first-order chi connectivity index (χ1) is 6.40. The number of hydrogen-bond acceptors (Lipinski definition) is 1. The standard InChI is InChI=1S/C12H14O/c13-7-9-5-8-6-12(9)11-4-2-1-3-10(8)11/h1-4,8-9,12-13H,5-7H2. The lowest BCUT2D eigenvalue weighted by Gasteiger charge is -2.22. The summed E-state index contributed by atoms with van der Waals surface area (Å²) >= 11 is 0. The van der Waals surface area contributed by atoms with Gasteiger partial charge in [-0.25, -0.2) is 0 Å². The van der Waals surface area contributed by atoms with E-state index in [-0.39, 0.29) is 0 Å². The van der Waals surface area contributed by atoms with Crippen molar-refractivity contribution < 1.29 is 5.11 Å². The zero-order valence-electron chi connectivity index (χ0n) is 7.61. The van der Waals surface area contributed by atoms with Gasteiger partial charge < -0.3 is 5.11 Å². The Morgan fingerprint density at radius 2 is 1.92 bits per heavy atom. The van der Waals surface area contributed by atoms with E-state index in [9.17, 15) is 5.11 Å². The molecule has 3 atom stereocenters. The lowest BCUT2D eigenvalue weighted by molar-refractivity contribution is 0.213. The maximum Gasteiger partial charge on any atom is 0.0465 e. The second-order valence-electron chi connectivity index (χ2n) is 4.35. The third-order valence-electron chi connectivity index (χ3n) is 3.76. The van der Waals surface area contributed by atoms with Crippen LogP contribution in [0.1, 0.15) is 35.8 Å². The number of hydrogen-bond donors (Lipinski definition) is 1. The molecule has 13 heavy (non-hydrogen) atoms. The van der Waals surface area contributed by atoms with E-state index in [0.29, 0.717) is 18.4 Å². The minimum Gasteiger partial charge on any atom is -0.396 e. The van der Waals surface area contributed by atoms with Gasteiger partial charge in [0.25, 0.3) is 0 Å². The Morgan fingerprint density at radius 1 is 1.15 bits per heavy atom. The molecule has 1 heteroatoms. The third kappa shape index (κ3) is 0.910. The van der Waals surface area contributed by atoms with Crippen molar-refractivity contribution in [1.29, 1.82) is 0 Å². The molecule has 1 aromatic rings. The van der Waals surface area contributed by atoms with Gasteiger partial charge in [-0.05, 0) is 41.7 Å². The molecule has 0 amide bonds. The van der Waals surface area contributed by atoms with Gasteiger partial charge in [0.15, 0.2) is 0 Å². The van der Waals surface area contributed by atoms with Crippen molar-refractivity contribution in [2.75, 3.05) is 6.61 Å². The van der Waals surface area contributed by atoms with Crippen LogP contribution in [0.15, 0.2) is 24.3 Å². The molecule has 1 aromatic carbocycles. The van der Waals surface area contributed by atoms with E-state index in [1.54, 1.807) is 5.56 Å². The van der Waals surface area contributed by atoms with Gasteiger partial charge in [-0.15, -0.1) is 0 Å². The zero-order chi connectivity index (χ0) is 8.84. The number of aliphatic hydroxyl groups is 1. The molecular weight excluding hydrogens is 160 g/mol. The summed E-state index contributed by atoms with van der Waals surface area (Å²) < 4.78 is 0. The SMILES string of the molecule is OCC1CC2CC1c1ccccc12. The Bertz CT molecular complexity index is 330. The molecule has 68 valence electrons. The molecule has 3 unspecified atom stereocenters. The quantitative estimate of drug-likeness (QED) is 0.692. The van der Waals surface area contributed by atoms with Crippen molar-refractivity contribution in [3.8, 4) is 0 Å². The summed E-state index contributed by atoms with van der Waals surface area (Å²) in [6, 6.07) is 8.75. The normalized spacial score (nSPS) is 35.0. The Hall–Kier alpha value is -0.820. The summed E-state index contributed by atoms with van der Waals surface area (Å²) in [4.78, 5) is 0. The topological polar surface area (TPSA) is 20.2 Å². The minimum atomic E-state index is 0.371. The molecule has 1 saturated carbocycles. The van der Waals surface area contributed by atoms with Crippen LogP contribution >= 0.6 is 0 Å². The van der Waals surface area contributed by atoms with E-state index in [4.69, 9.17) is 0 Å². The van der Waals surface area contributed by atoms with E-state index >= 15 is 0 Å². The van der Waals surface area contributed by atoms with Crippen LogP contribution in [0.2, 0.25) is 0 Å². The zero-order valence-corrected chi connectivity index (χ0v) is 7.61. The summed E-state index contributed by atoms with van der Waals surface area (Å²) in [5.41, 5.74) is 3.06. The molecule has 0 radical (unpaired) electrons. The van der Waals surface area contributed by atoms with Crippen LogP contribution < -0.4 is 0 Å². The minimum absolute atomic E-state index is 0.371. The lowest BCUT2D eigenvalue weighted by Crippen LogP contribution is -2.13. The monoisotopic (exact) mass is 174 g/mol. The molecule has 2 aliphatic rings. The maximum atomic E-state index is 9.21. The van der Waals surface area contributed by atoms with Gasteiger partial charge in [-0.3, -0.25) is 0 Å². The van der Waals surface area contributed by atoms with Gasteiger partial charge in [0.05, 0.1) is 0 Å². The smallest absolute Gasteiger partial charge is 0.0465 e. The predicted molar refractivity (Wildman–Crippen MR) is 51.7 cm³/mol. The van der Waals surface area contributed by atoms with Gasteiger partial charge in [0, 0.05) is 6.61 Å². The molecule has 0 heterocycles. The summed E-state index contributed by atoms with van der Waals surface area (Å²) in [6.45, 7) is 0.371. The average Bonchev–Trinajstić information content (AvgIpc) is 2.75. The van der Waals surface area contributed by atoms with Crippen molar-refractivity contribution >= 4 is 0 Å². The van der Waals surface area contributed by atoms with Crippen LogP contribution in [-0.2, 0) is 0 Å². The van der Waals surface area contributed by atoms with Crippen molar-refractivity contribution in [3.05, 3.63) is 35.4 Å². The Labute approximate surface area is 78.4 Å². The highest BCUT2D eigenvalue weighted by Crippen LogP contribution is 2.55. The van der Waals surface area contributed by atoms with Gasteiger partial charge in [-0.1, -0.05) is 24.3 Å². The second kappa shape index (κ2) is 2.58. The van der Waals surface area contributed by atoms with Gasteiger partial charge in [0.1, 0.15) is 0 Å². The van der Waals surface area contributed by atoms with E-state index < -0.39 is 0 Å². The molecule has 0 aliphatic heterocycles. The van der Waals surface area contributed by atoms with Crippen molar-refractivity contribution in [1.82, 2.24) is 0 Å². The average molecular weight is 174 g/mol. The first kappa shape index (κ1) is 7.57. The van der Waals surface area contributed by atoms with Gasteiger partial charge in [-0.2, -0.15) is 0 Å². The summed E-state index contributed by atoms with van der Waals surface area (Å²) in [5.74, 6) is 1.95. The first-order valence-electron chi connectivity index (χ1n) is 5.10. The highest BCUT2D eigenvalue weighted by Gasteiger charge is 2.42. The molecule has 3 rings (SSSR count). The van der Waals surface area contributed by atoms with Crippen molar-refractivity contribution in [2.24, 2.45) is 5.92 Å². The molecule has 2 bridgehead atoms. The van der Waals surface area contributed by atoms with Crippen LogP contribution in [0, 0.1) is 5.92 Å². The van der Waals surface area contributed by atoms with Crippen LogP contribution in [0.3, 0.4) is 0 Å². The number of rotatable bonds is 1. The highest BCUT2D eigenvalue weighted by molar-refractivity contribution is 5.41. The summed E-state index contributed by atoms with van der Waals surface area (Å²) in [6.07, 6.45) is 2.49. The fourth-order valence-electron chi connectivity index (χ4n) is 3.18. The van der Waals surface area contributed by atoms with E-state index in [1.807, 2.05) is 0 Å². The molecule has 0 saturated heterocycles. The Kier molecular flexibility index (Phi) is 1.50. The van der Waals surface area contributed by atoms with E-state index in [1.165, 1.54) is 18.4 Å². The molecule has 0 aromatic heterocycles. The largest absolute Gasteiger partial charge is 0.396 e. The fraction of sp³-hybridized carbons (Fsp3) is 0.500. The van der Waals surface area contributed by atoms with Crippen LogP contribution in [-0.4, -0.2) is 11.7 Å². The summed E-state index contributed by atoms with van der Waals surface area (Å²) in [5, 5.41) is 9.21. The van der Waals surface area contributed by atoms with Crippen LogP contribution in [0.25, 0.3) is 0 Å². The predicted octanol–water partition coefficient (Wildman–Crippen LogP) is 2.27. The van der Waals surface area contributed by atoms with Crippen LogP contribution in [0.5, 0.6) is 0 Å². The van der Waals surface area contributed by atoms with Crippen molar-refractivity contribution in [2.45, 2.75) is 24.7 Å². The number of fused-ring (bicyclic) bond motifs is 5. The molecule has 1 N–H and O–H groups in total. The van der Waals surface area contributed by atoms with Crippen molar-refractivity contribution in [3.63, 3.8) is 0 Å². The Morgan fingerprint density at radius 3 is 2.69 bits per heavy atom. The number of benzene rings is 1. The number of aliphatic hydroxyl groups excluding tert-OH is 1. The van der Waals surface area contributed by atoms with Gasteiger partial charge in [0.2, 0.25) is 0 Å². The second-order valence-corrected chi connectivity index (χ2v) is 4.35. The van der Waals surface area contributed by atoms with E-state index in [2.05, 4.69) is 24.3 Å². The van der Waals surface area contributed by atoms with Crippen LogP contribution in [0.4, 0.5) is 0 Å². The molecule has 2 aliphatic carbocycles. The third-order valence-corrected chi connectivity index (χ3v) is 3.76. The molecule has 1 nitrogen and oxygen atoms in total.